The van der Waals surface area contributed by atoms with Crippen LogP contribution in [0.2, 0.25) is 0 Å². The molecule has 0 amide bonds. The van der Waals surface area contributed by atoms with Gasteiger partial charge in [-0.3, -0.25) is 4.99 Å². The van der Waals surface area contributed by atoms with Gasteiger partial charge in [-0.1, -0.05) is 0 Å². The average Bonchev–Trinajstić information content (AvgIpc) is 3.07. The van der Waals surface area contributed by atoms with Crippen LogP contribution in [0.15, 0.2) is 9.98 Å². The van der Waals surface area contributed by atoms with Crippen LogP contribution in [0.4, 0.5) is 5.69 Å². The molecule has 1 aromatic heterocycles. The fraction of sp³-hybridized carbons (Fsp3) is 0.684. The number of fused-ring (bicyclic) bond motifs is 3. The van der Waals surface area contributed by atoms with E-state index in [4.69, 9.17) is 14.5 Å². The van der Waals surface area contributed by atoms with Crippen LogP contribution in [0, 0.1) is 0 Å². The third-order valence-corrected chi connectivity index (χ3v) is 6.99. The van der Waals surface area contributed by atoms with Crippen LogP contribution >= 0.6 is 11.3 Å². The monoisotopic (exact) mass is 392 g/mol. The number of aliphatic imine (C=N–C) groups is 1. The molecule has 0 spiro atoms. The van der Waals surface area contributed by atoms with Crippen molar-refractivity contribution in [3.8, 4) is 0 Å². The lowest BCUT2D eigenvalue weighted by molar-refractivity contribution is -0.0599. The number of ether oxygens (including phenoxy) is 2. The maximum Gasteiger partial charge on any atom is 0.165 e. The molecule has 27 heavy (non-hydrogen) atoms. The van der Waals surface area contributed by atoms with Crippen molar-refractivity contribution in [2.45, 2.75) is 50.2 Å². The van der Waals surface area contributed by atoms with Gasteiger partial charge in [0.25, 0.3) is 0 Å². The maximum absolute atomic E-state index is 11.2. The summed E-state index contributed by atoms with van der Waals surface area (Å²) in [5, 5.41) is 12.3. The quantitative estimate of drug-likeness (QED) is 0.828. The van der Waals surface area contributed by atoms with Gasteiger partial charge in [0.05, 0.1) is 34.3 Å². The highest BCUT2D eigenvalue weighted by Crippen LogP contribution is 2.37. The molecule has 1 N–H and O–H groups in total. The largest absolute Gasteiger partial charge is 0.381 e. The molecule has 4 atom stereocenters. The first-order valence-corrected chi connectivity index (χ1v) is 10.3. The molecule has 148 valence electrons. The molecule has 0 saturated heterocycles. The molecule has 0 bridgehead atoms. The highest BCUT2D eigenvalue weighted by molar-refractivity contribution is 7.10. The van der Waals surface area contributed by atoms with E-state index >= 15 is 0 Å². The lowest BCUT2D eigenvalue weighted by Gasteiger charge is -2.42. The van der Waals surface area contributed by atoms with Gasteiger partial charge in [0.15, 0.2) is 6.23 Å². The first kappa shape index (κ1) is 18.9. The zero-order valence-corrected chi connectivity index (χ0v) is 17.2. The predicted molar refractivity (Wildman–Crippen MR) is 106 cm³/mol. The lowest BCUT2D eigenvalue weighted by atomic mass is 9.89. The van der Waals surface area contributed by atoms with Gasteiger partial charge in [0.1, 0.15) is 4.67 Å². The van der Waals surface area contributed by atoms with Crippen LogP contribution in [0.5, 0.6) is 0 Å². The smallest absolute Gasteiger partial charge is 0.165 e. The van der Waals surface area contributed by atoms with Crippen molar-refractivity contribution in [2.75, 3.05) is 34.9 Å². The Morgan fingerprint density at radius 1 is 1.19 bits per heavy atom. The number of rotatable bonds is 4. The summed E-state index contributed by atoms with van der Waals surface area (Å²) in [6, 6.07) is 0.133. The van der Waals surface area contributed by atoms with Gasteiger partial charge in [-0.25, -0.2) is 4.99 Å². The first-order valence-electron chi connectivity index (χ1n) is 9.46. The van der Waals surface area contributed by atoms with Crippen LogP contribution in [0.3, 0.4) is 0 Å². The number of aliphatic hydroxyl groups is 1. The van der Waals surface area contributed by atoms with Crippen LogP contribution in [0.25, 0.3) is 5.70 Å². The van der Waals surface area contributed by atoms with Gasteiger partial charge in [-0.15, -0.1) is 11.3 Å². The molecule has 3 heterocycles. The molecule has 4 rings (SSSR count). The molecule has 1 aromatic rings. The number of aliphatic hydroxyl groups excluding tert-OH is 1. The average molecular weight is 393 g/mol. The Morgan fingerprint density at radius 2 is 1.89 bits per heavy atom. The number of nitrogens with zero attached hydrogens (tertiary/aromatic N) is 4. The van der Waals surface area contributed by atoms with E-state index < -0.39 is 6.23 Å². The molecule has 1 saturated carbocycles. The molecule has 8 heteroatoms. The van der Waals surface area contributed by atoms with Crippen molar-refractivity contribution in [3.05, 3.63) is 14.8 Å². The van der Waals surface area contributed by atoms with Gasteiger partial charge in [-0.2, -0.15) is 0 Å². The van der Waals surface area contributed by atoms with E-state index in [0.717, 1.165) is 52.7 Å². The second-order valence-electron chi connectivity index (χ2n) is 7.61. The molecule has 2 aliphatic heterocycles. The van der Waals surface area contributed by atoms with Crippen LogP contribution < -0.4 is 9.89 Å². The number of methoxy groups -OCH3 is 2. The Bertz CT molecular complexity index is 838. The summed E-state index contributed by atoms with van der Waals surface area (Å²) in [4.78, 5) is 14.5. The zero-order chi connectivity index (χ0) is 19.1. The van der Waals surface area contributed by atoms with E-state index in [1.807, 2.05) is 4.90 Å². The molecule has 1 aliphatic carbocycles. The third kappa shape index (κ3) is 3.29. The highest BCUT2D eigenvalue weighted by Gasteiger charge is 2.37. The molecule has 3 aliphatic rings. The molecule has 0 aromatic carbocycles. The van der Waals surface area contributed by atoms with Crippen molar-refractivity contribution in [2.24, 2.45) is 9.98 Å². The fourth-order valence-electron chi connectivity index (χ4n) is 4.37. The Labute approximate surface area is 163 Å². The molecule has 3 unspecified atom stereocenters. The molecular formula is C19H28N4O3S. The minimum Gasteiger partial charge on any atom is -0.381 e. The van der Waals surface area contributed by atoms with Gasteiger partial charge in [0.2, 0.25) is 0 Å². The molecular weight excluding hydrogens is 364 g/mol. The van der Waals surface area contributed by atoms with Crippen molar-refractivity contribution in [3.63, 3.8) is 0 Å². The van der Waals surface area contributed by atoms with E-state index in [1.54, 1.807) is 31.9 Å². The molecule has 7 nitrogen and oxygen atoms in total. The van der Waals surface area contributed by atoms with Crippen LogP contribution in [-0.4, -0.2) is 74.4 Å². The Balaban J connectivity index is 1.70. The lowest BCUT2D eigenvalue weighted by Crippen LogP contribution is -2.47. The minimum absolute atomic E-state index is 0.133. The van der Waals surface area contributed by atoms with E-state index in [9.17, 15) is 5.11 Å². The summed E-state index contributed by atoms with van der Waals surface area (Å²) in [6.45, 7) is 0.789. The van der Waals surface area contributed by atoms with Gasteiger partial charge in [0, 0.05) is 53.0 Å². The van der Waals surface area contributed by atoms with E-state index in [-0.39, 0.29) is 18.2 Å². The zero-order valence-electron chi connectivity index (χ0n) is 16.4. The van der Waals surface area contributed by atoms with Gasteiger partial charge in [-0.05, 0) is 19.3 Å². The van der Waals surface area contributed by atoms with Gasteiger partial charge >= 0.3 is 0 Å². The summed E-state index contributed by atoms with van der Waals surface area (Å²) >= 11 is 1.57. The van der Waals surface area contributed by atoms with E-state index in [1.165, 1.54) is 5.70 Å². The maximum atomic E-state index is 11.2. The Kier molecular flexibility index (Phi) is 5.24. The van der Waals surface area contributed by atoms with Gasteiger partial charge < -0.3 is 24.4 Å². The summed E-state index contributed by atoms with van der Waals surface area (Å²) in [5.74, 6) is 0. The first-order chi connectivity index (χ1) is 13.0. The van der Waals surface area contributed by atoms with Crippen molar-refractivity contribution < 1.29 is 14.6 Å². The number of hydrogen-bond donors (Lipinski definition) is 1. The highest BCUT2D eigenvalue weighted by atomic mass is 32.1. The van der Waals surface area contributed by atoms with Crippen LogP contribution in [-0.2, 0) is 9.47 Å². The fourth-order valence-corrected chi connectivity index (χ4v) is 5.53. The number of thiophene rings is 1. The second-order valence-corrected chi connectivity index (χ2v) is 8.64. The van der Waals surface area contributed by atoms with Crippen molar-refractivity contribution in [1.82, 2.24) is 9.80 Å². The summed E-state index contributed by atoms with van der Waals surface area (Å²) in [6.07, 6.45) is 4.89. The number of hydrogen-bond acceptors (Lipinski definition) is 8. The normalized spacial score (nSPS) is 30.0. The minimum atomic E-state index is -0.704. The Morgan fingerprint density at radius 3 is 2.52 bits per heavy atom. The van der Waals surface area contributed by atoms with Crippen LogP contribution in [0.1, 0.15) is 36.8 Å². The summed E-state index contributed by atoms with van der Waals surface area (Å²) in [5.41, 5.74) is 2.13. The summed E-state index contributed by atoms with van der Waals surface area (Å²) in [7, 11) is 7.60. The topological polar surface area (TPSA) is 69.9 Å². The van der Waals surface area contributed by atoms with E-state index in [0.29, 0.717) is 0 Å². The molecule has 0 radical (unpaired) electrons. The van der Waals surface area contributed by atoms with E-state index in [2.05, 4.69) is 24.0 Å². The second kappa shape index (κ2) is 7.50. The molecule has 1 fully saturated rings. The van der Waals surface area contributed by atoms with Crippen molar-refractivity contribution in [1.29, 1.82) is 0 Å². The SMILES string of the molecule is COC1CC(N2C=Nc3c(sc4c3=C(N(C)C)CCN=4)C2O)C[C@@H](OC)C1. The standard InChI is InChI=1S/C19H28N4O3S/c1-22(2)14-5-6-20-18-15(14)16-17(27-18)19(24)23(10-21-16)11-7-12(25-3)9-13(8-11)26-4/h10-13,19,24H,5-9H2,1-4H3/t11?,12-,13?,19?/m1/s1. The Hall–Kier alpha value is -1.48. The third-order valence-electron chi connectivity index (χ3n) is 5.84. The van der Waals surface area contributed by atoms with Crippen molar-refractivity contribution >= 4 is 29.1 Å². The summed E-state index contributed by atoms with van der Waals surface area (Å²) < 4.78 is 12.2. The predicted octanol–water partition coefficient (Wildman–Crippen LogP) is 0.990.